The lowest BCUT2D eigenvalue weighted by Crippen LogP contribution is -2.11. The fourth-order valence-corrected chi connectivity index (χ4v) is 2.35. The van der Waals surface area contributed by atoms with Crippen LogP contribution in [0.3, 0.4) is 0 Å². The fourth-order valence-electron chi connectivity index (χ4n) is 2.35. The Kier molecular flexibility index (Phi) is 3.82. The van der Waals surface area contributed by atoms with Gasteiger partial charge in [0, 0.05) is 11.4 Å². The van der Waals surface area contributed by atoms with E-state index in [1.54, 1.807) is 11.0 Å². The van der Waals surface area contributed by atoms with E-state index in [1.807, 2.05) is 32.0 Å². The van der Waals surface area contributed by atoms with Crippen LogP contribution in [0.1, 0.15) is 29.9 Å². The van der Waals surface area contributed by atoms with Gasteiger partial charge in [-0.3, -0.25) is 0 Å². The van der Waals surface area contributed by atoms with E-state index in [9.17, 15) is 0 Å². The van der Waals surface area contributed by atoms with E-state index in [1.165, 1.54) is 6.33 Å². The van der Waals surface area contributed by atoms with Crippen LogP contribution in [-0.2, 0) is 0 Å². The van der Waals surface area contributed by atoms with Gasteiger partial charge in [0.15, 0.2) is 0 Å². The van der Waals surface area contributed by atoms with Crippen LogP contribution < -0.4 is 5.32 Å². The van der Waals surface area contributed by atoms with Gasteiger partial charge in [-0.15, -0.1) is 0 Å². The Morgan fingerprint density at radius 2 is 1.86 bits per heavy atom. The Morgan fingerprint density at radius 1 is 1.09 bits per heavy atom. The van der Waals surface area contributed by atoms with Crippen molar-refractivity contribution >= 4 is 5.95 Å². The number of rotatable bonds is 4. The highest BCUT2D eigenvalue weighted by molar-refractivity contribution is 5.39. The van der Waals surface area contributed by atoms with Gasteiger partial charge in [-0.1, -0.05) is 12.1 Å². The molecule has 0 aliphatic rings. The number of anilines is 1. The Labute approximate surface area is 129 Å². The molecule has 0 spiro atoms. The fraction of sp³-hybridized carbons (Fsp3) is 0.250. The summed E-state index contributed by atoms with van der Waals surface area (Å²) in [6, 6.07) is 10.2. The third-order valence-corrected chi connectivity index (χ3v) is 3.38. The average Bonchev–Trinajstić information content (AvgIpc) is 3.00. The van der Waals surface area contributed by atoms with E-state index >= 15 is 0 Å². The molecule has 22 heavy (non-hydrogen) atoms. The lowest BCUT2D eigenvalue weighted by atomic mass is 10.1. The van der Waals surface area contributed by atoms with E-state index in [0.29, 0.717) is 5.95 Å². The Morgan fingerprint density at radius 3 is 2.55 bits per heavy atom. The van der Waals surface area contributed by atoms with E-state index in [0.717, 1.165) is 22.6 Å². The molecule has 3 aromatic rings. The summed E-state index contributed by atoms with van der Waals surface area (Å²) in [5.41, 5.74) is 4.03. The first-order valence-electron chi connectivity index (χ1n) is 7.15. The molecule has 6 heteroatoms. The van der Waals surface area contributed by atoms with Crippen molar-refractivity contribution in [3.8, 4) is 5.69 Å². The maximum atomic E-state index is 4.42. The van der Waals surface area contributed by atoms with Crippen LogP contribution in [0.15, 0.2) is 43.0 Å². The van der Waals surface area contributed by atoms with Crippen LogP contribution >= 0.6 is 0 Å². The molecule has 112 valence electrons. The largest absolute Gasteiger partial charge is 0.348 e. The Bertz CT molecular complexity index is 746. The molecule has 0 aliphatic heterocycles. The zero-order valence-electron chi connectivity index (χ0n) is 12.9. The predicted molar refractivity (Wildman–Crippen MR) is 84.9 cm³/mol. The maximum Gasteiger partial charge on any atom is 0.223 e. The molecule has 1 aromatic carbocycles. The first kappa shape index (κ1) is 14.2. The van der Waals surface area contributed by atoms with Crippen molar-refractivity contribution in [1.82, 2.24) is 24.7 Å². The molecular weight excluding hydrogens is 276 g/mol. The van der Waals surface area contributed by atoms with Crippen molar-refractivity contribution in [1.29, 1.82) is 0 Å². The Hall–Kier alpha value is -2.76. The molecule has 1 N–H and O–H groups in total. The van der Waals surface area contributed by atoms with Crippen LogP contribution in [0.25, 0.3) is 5.69 Å². The standard InChI is InChI=1S/C16H18N6/c1-11-7-12(2)20-16(19-11)21-13(3)14-5-4-6-15(8-14)22-10-17-9-18-22/h4-10,13H,1-3H3,(H,19,20,21)/t13-/m0/s1. The average molecular weight is 294 g/mol. The van der Waals surface area contributed by atoms with Gasteiger partial charge in [-0.05, 0) is 44.5 Å². The third-order valence-electron chi connectivity index (χ3n) is 3.38. The molecule has 0 aliphatic carbocycles. The number of benzene rings is 1. The van der Waals surface area contributed by atoms with Crippen LogP contribution in [-0.4, -0.2) is 24.7 Å². The molecule has 2 aromatic heterocycles. The number of aryl methyl sites for hydroxylation is 2. The summed E-state index contributed by atoms with van der Waals surface area (Å²) in [4.78, 5) is 12.8. The summed E-state index contributed by atoms with van der Waals surface area (Å²) >= 11 is 0. The van der Waals surface area contributed by atoms with Crippen LogP contribution in [0, 0.1) is 13.8 Å². The van der Waals surface area contributed by atoms with E-state index in [2.05, 4.69) is 44.4 Å². The first-order chi connectivity index (χ1) is 10.6. The summed E-state index contributed by atoms with van der Waals surface area (Å²) in [5.74, 6) is 0.649. The monoisotopic (exact) mass is 294 g/mol. The molecule has 0 unspecified atom stereocenters. The molecule has 1 atom stereocenters. The first-order valence-corrected chi connectivity index (χ1v) is 7.15. The van der Waals surface area contributed by atoms with E-state index < -0.39 is 0 Å². The molecule has 0 amide bonds. The molecule has 3 rings (SSSR count). The van der Waals surface area contributed by atoms with Gasteiger partial charge in [-0.25, -0.2) is 19.6 Å². The second-order valence-corrected chi connectivity index (χ2v) is 5.28. The molecule has 0 radical (unpaired) electrons. The molecule has 2 heterocycles. The van der Waals surface area contributed by atoms with Gasteiger partial charge < -0.3 is 5.32 Å². The third kappa shape index (κ3) is 3.11. The quantitative estimate of drug-likeness (QED) is 0.801. The SMILES string of the molecule is Cc1cc(C)nc(N[C@@H](C)c2cccc(-n3cncn3)c2)n1. The van der Waals surface area contributed by atoms with E-state index in [4.69, 9.17) is 0 Å². The van der Waals surface area contributed by atoms with Gasteiger partial charge >= 0.3 is 0 Å². The van der Waals surface area contributed by atoms with Gasteiger partial charge in [0.2, 0.25) is 5.95 Å². The van der Waals surface area contributed by atoms with Crippen molar-refractivity contribution in [3.63, 3.8) is 0 Å². The molecule has 0 saturated heterocycles. The molecular formula is C16H18N6. The van der Waals surface area contributed by atoms with Crippen LogP contribution in [0.2, 0.25) is 0 Å². The van der Waals surface area contributed by atoms with Gasteiger partial charge in [-0.2, -0.15) is 5.10 Å². The van der Waals surface area contributed by atoms with Crippen molar-refractivity contribution in [2.45, 2.75) is 26.8 Å². The second kappa shape index (κ2) is 5.93. The lowest BCUT2D eigenvalue weighted by molar-refractivity contribution is 0.837. The van der Waals surface area contributed by atoms with Crippen molar-refractivity contribution in [2.24, 2.45) is 0 Å². The second-order valence-electron chi connectivity index (χ2n) is 5.28. The minimum Gasteiger partial charge on any atom is -0.348 e. The molecule has 0 fully saturated rings. The number of nitrogens with one attached hydrogen (secondary N) is 1. The maximum absolute atomic E-state index is 4.42. The topological polar surface area (TPSA) is 68.5 Å². The Balaban J connectivity index is 1.83. The molecule has 0 bridgehead atoms. The highest BCUT2D eigenvalue weighted by Gasteiger charge is 2.09. The smallest absolute Gasteiger partial charge is 0.223 e. The predicted octanol–water partition coefficient (Wildman–Crippen LogP) is 2.85. The van der Waals surface area contributed by atoms with Crippen molar-refractivity contribution < 1.29 is 0 Å². The zero-order chi connectivity index (χ0) is 15.5. The summed E-state index contributed by atoms with van der Waals surface area (Å²) < 4.78 is 1.74. The highest BCUT2D eigenvalue weighted by atomic mass is 15.3. The minimum atomic E-state index is 0.0877. The van der Waals surface area contributed by atoms with E-state index in [-0.39, 0.29) is 6.04 Å². The van der Waals surface area contributed by atoms with Gasteiger partial charge in [0.05, 0.1) is 11.7 Å². The van der Waals surface area contributed by atoms with Crippen LogP contribution in [0.4, 0.5) is 5.95 Å². The van der Waals surface area contributed by atoms with Gasteiger partial charge in [0.1, 0.15) is 12.7 Å². The van der Waals surface area contributed by atoms with Crippen LogP contribution in [0.5, 0.6) is 0 Å². The number of hydrogen-bond acceptors (Lipinski definition) is 5. The normalized spacial score (nSPS) is 12.1. The van der Waals surface area contributed by atoms with Crippen molar-refractivity contribution in [3.05, 3.63) is 59.9 Å². The van der Waals surface area contributed by atoms with Crippen molar-refractivity contribution in [2.75, 3.05) is 5.32 Å². The minimum absolute atomic E-state index is 0.0877. The number of hydrogen-bond donors (Lipinski definition) is 1. The molecule has 6 nitrogen and oxygen atoms in total. The summed E-state index contributed by atoms with van der Waals surface area (Å²) in [5, 5.41) is 7.50. The summed E-state index contributed by atoms with van der Waals surface area (Å²) in [6.45, 7) is 6.02. The zero-order valence-corrected chi connectivity index (χ0v) is 12.9. The summed E-state index contributed by atoms with van der Waals surface area (Å²) in [7, 11) is 0. The molecule has 0 saturated carbocycles. The number of aromatic nitrogens is 5. The summed E-state index contributed by atoms with van der Waals surface area (Å²) in [6.07, 6.45) is 3.21. The van der Waals surface area contributed by atoms with Gasteiger partial charge in [0.25, 0.3) is 0 Å². The lowest BCUT2D eigenvalue weighted by Gasteiger charge is -2.16. The highest BCUT2D eigenvalue weighted by Crippen LogP contribution is 2.19. The number of nitrogens with zero attached hydrogens (tertiary/aromatic N) is 5.